The number of aryl methyl sites for hydroxylation is 1. The summed E-state index contributed by atoms with van der Waals surface area (Å²) in [6, 6.07) is 6.46. The number of carbonyl (C=O) groups excluding carboxylic acids is 2. The predicted molar refractivity (Wildman–Crippen MR) is 106 cm³/mol. The topological polar surface area (TPSA) is 99.6 Å². The third-order valence-corrected chi connectivity index (χ3v) is 5.15. The Bertz CT molecular complexity index is 933. The molecule has 0 spiro atoms. The molecule has 28 heavy (non-hydrogen) atoms. The highest BCUT2D eigenvalue weighted by Crippen LogP contribution is 2.13. The highest BCUT2D eigenvalue weighted by molar-refractivity contribution is 6.05. The van der Waals surface area contributed by atoms with E-state index < -0.39 is 5.91 Å². The van der Waals surface area contributed by atoms with E-state index in [-0.39, 0.29) is 23.2 Å². The van der Waals surface area contributed by atoms with E-state index in [0.717, 1.165) is 26.2 Å². The van der Waals surface area contributed by atoms with Crippen molar-refractivity contribution in [2.45, 2.75) is 26.4 Å². The van der Waals surface area contributed by atoms with Gasteiger partial charge in [0.15, 0.2) is 5.69 Å². The van der Waals surface area contributed by atoms with E-state index >= 15 is 0 Å². The van der Waals surface area contributed by atoms with Crippen molar-refractivity contribution in [1.29, 1.82) is 0 Å². The minimum Gasteiger partial charge on any atom is -0.304 e. The van der Waals surface area contributed by atoms with Crippen molar-refractivity contribution in [3.8, 4) is 0 Å². The van der Waals surface area contributed by atoms with Crippen molar-refractivity contribution >= 4 is 22.6 Å². The van der Waals surface area contributed by atoms with Gasteiger partial charge in [0.05, 0.1) is 11.4 Å². The van der Waals surface area contributed by atoms with E-state index in [9.17, 15) is 14.4 Å². The zero-order valence-corrected chi connectivity index (χ0v) is 16.4. The Morgan fingerprint density at radius 3 is 2.39 bits per heavy atom. The quantitative estimate of drug-likeness (QED) is 0.707. The number of hydrogen-bond acceptors (Lipinski definition) is 6. The SMILES string of the molecule is CCn1nc(C(=O)NNC(=O)[C@H](C)N2CCN(C)CC2)c2ccccc2c1=O. The number of nitrogens with zero attached hydrogens (tertiary/aromatic N) is 4. The monoisotopic (exact) mass is 386 g/mol. The lowest BCUT2D eigenvalue weighted by molar-refractivity contribution is -0.127. The van der Waals surface area contributed by atoms with Crippen LogP contribution < -0.4 is 16.4 Å². The highest BCUT2D eigenvalue weighted by Gasteiger charge is 2.25. The molecule has 1 atom stereocenters. The van der Waals surface area contributed by atoms with Crippen LogP contribution in [0, 0.1) is 0 Å². The summed E-state index contributed by atoms with van der Waals surface area (Å²) in [7, 11) is 2.05. The number of rotatable bonds is 4. The van der Waals surface area contributed by atoms with Gasteiger partial charge < -0.3 is 4.90 Å². The van der Waals surface area contributed by atoms with Gasteiger partial charge in [0.1, 0.15) is 0 Å². The number of aromatic nitrogens is 2. The fraction of sp³-hybridized carbons (Fsp3) is 0.474. The van der Waals surface area contributed by atoms with E-state index in [1.54, 1.807) is 31.2 Å². The van der Waals surface area contributed by atoms with Crippen LogP contribution in [0.1, 0.15) is 24.3 Å². The first-order valence-corrected chi connectivity index (χ1v) is 9.45. The van der Waals surface area contributed by atoms with Gasteiger partial charge in [-0.1, -0.05) is 18.2 Å². The van der Waals surface area contributed by atoms with Gasteiger partial charge in [0, 0.05) is 38.1 Å². The van der Waals surface area contributed by atoms with E-state index in [0.29, 0.717) is 17.3 Å². The summed E-state index contributed by atoms with van der Waals surface area (Å²) < 4.78 is 1.24. The van der Waals surface area contributed by atoms with Gasteiger partial charge in [0.25, 0.3) is 17.4 Å². The molecule has 9 heteroatoms. The standard InChI is InChI=1S/C19H26N6O3/c1-4-25-19(28)15-8-6-5-7-14(15)16(22-25)18(27)21-20-17(26)13(2)24-11-9-23(3)10-12-24/h5-8,13H,4,9-12H2,1-3H3,(H,20,26)(H,21,27)/t13-/m0/s1. The van der Waals surface area contributed by atoms with Crippen molar-refractivity contribution < 1.29 is 9.59 Å². The van der Waals surface area contributed by atoms with Crippen molar-refractivity contribution in [3.05, 3.63) is 40.3 Å². The normalized spacial score (nSPS) is 16.7. The maximum Gasteiger partial charge on any atom is 0.290 e. The number of piperazine rings is 1. The van der Waals surface area contributed by atoms with Gasteiger partial charge in [-0.25, -0.2) is 4.68 Å². The third-order valence-electron chi connectivity index (χ3n) is 5.15. The maximum absolute atomic E-state index is 12.7. The molecule has 0 unspecified atom stereocenters. The number of hydrogen-bond donors (Lipinski definition) is 2. The molecule has 3 rings (SSSR count). The number of fused-ring (bicyclic) bond motifs is 1. The molecule has 150 valence electrons. The zero-order valence-electron chi connectivity index (χ0n) is 16.4. The second-order valence-electron chi connectivity index (χ2n) is 6.97. The molecular formula is C19H26N6O3. The lowest BCUT2D eigenvalue weighted by Crippen LogP contribution is -2.55. The molecule has 1 aliphatic heterocycles. The van der Waals surface area contributed by atoms with Gasteiger partial charge in [0.2, 0.25) is 0 Å². The molecule has 2 amide bonds. The van der Waals surface area contributed by atoms with Crippen LogP contribution in [0.3, 0.4) is 0 Å². The second kappa shape index (κ2) is 8.49. The van der Waals surface area contributed by atoms with E-state index in [1.165, 1.54) is 4.68 Å². The Morgan fingerprint density at radius 2 is 1.75 bits per heavy atom. The molecule has 2 aromatic rings. The van der Waals surface area contributed by atoms with Crippen LogP contribution >= 0.6 is 0 Å². The van der Waals surface area contributed by atoms with Gasteiger partial charge in [-0.05, 0) is 27.0 Å². The minimum absolute atomic E-state index is 0.101. The number of likely N-dealkylation sites (N-methyl/N-ethyl adjacent to an activating group) is 1. The summed E-state index contributed by atoms with van der Waals surface area (Å²) >= 11 is 0. The van der Waals surface area contributed by atoms with E-state index in [1.807, 2.05) is 6.92 Å². The summed E-state index contributed by atoms with van der Waals surface area (Å²) in [5, 5.41) is 5.04. The Kier molecular flexibility index (Phi) is 6.05. The van der Waals surface area contributed by atoms with Gasteiger partial charge >= 0.3 is 0 Å². The Hall–Kier alpha value is -2.78. The second-order valence-corrected chi connectivity index (χ2v) is 6.97. The molecule has 0 radical (unpaired) electrons. The smallest absolute Gasteiger partial charge is 0.290 e. The van der Waals surface area contributed by atoms with Crippen molar-refractivity contribution in [3.63, 3.8) is 0 Å². The van der Waals surface area contributed by atoms with Crippen LogP contribution in [0.25, 0.3) is 10.8 Å². The van der Waals surface area contributed by atoms with E-state index in [4.69, 9.17) is 0 Å². The largest absolute Gasteiger partial charge is 0.304 e. The summed E-state index contributed by atoms with van der Waals surface area (Å²) in [5.41, 5.74) is 4.78. The first kappa shape index (κ1) is 20.0. The average Bonchev–Trinajstić information content (AvgIpc) is 2.72. The molecule has 1 aromatic heterocycles. The van der Waals surface area contributed by atoms with Crippen LogP contribution in [-0.2, 0) is 11.3 Å². The highest BCUT2D eigenvalue weighted by atomic mass is 16.2. The van der Waals surface area contributed by atoms with Crippen LogP contribution in [0.5, 0.6) is 0 Å². The van der Waals surface area contributed by atoms with Crippen molar-refractivity contribution in [2.75, 3.05) is 33.2 Å². The molecule has 1 aliphatic rings. The number of benzene rings is 1. The number of hydrazine groups is 1. The lowest BCUT2D eigenvalue weighted by atomic mass is 10.1. The first-order chi connectivity index (χ1) is 13.4. The average molecular weight is 386 g/mol. The van der Waals surface area contributed by atoms with Crippen LogP contribution in [0.4, 0.5) is 0 Å². The molecular weight excluding hydrogens is 360 g/mol. The van der Waals surface area contributed by atoms with Crippen LogP contribution in [0.2, 0.25) is 0 Å². The first-order valence-electron chi connectivity index (χ1n) is 9.45. The number of carbonyl (C=O) groups is 2. The molecule has 0 aliphatic carbocycles. The fourth-order valence-corrected chi connectivity index (χ4v) is 3.27. The molecule has 0 bridgehead atoms. The van der Waals surface area contributed by atoms with Gasteiger partial charge in [-0.2, -0.15) is 5.10 Å². The molecule has 2 N–H and O–H groups in total. The Balaban J connectivity index is 1.72. The summed E-state index contributed by atoms with van der Waals surface area (Å²) in [5.74, 6) is -0.844. The Morgan fingerprint density at radius 1 is 1.11 bits per heavy atom. The Labute approximate surface area is 163 Å². The summed E-state index contributed by atoms with van der Waals surface area (Å²) in [6.07, 6.45) is 0. The van der Waals surface area contributed by atoms with E-state index in [2.05, 4.69) is 32.8 Å². The number of nitrogens with one attached hydrogen (secondary N) is 2. The summed E-state index contributed by atoms with van der Waals surface area (Å²) in [4.78, 5) is 41.8. The zero-order chi connectivity index (χ0) is 20.3. The third kappa shape index (κ3) is 4.05. The molecule has 9 nitrogen and oxygen atoms in total. The number of amides is 2. The minimum atomic E-state index is -0.558. The molecule has 1 fully saturated rings. The van der Waals surface area contributed by atoms with Crippen LogP contribution in [-0.4, -0.2) is 70.7 Å². The molecule has 2 heterocycles. The van der Waals surface area contributed by atoms with Gasteiger partial charge in [-0.3, -0.25) is 30.1 Å². The fourth-order valence-electron chi connectivity index (χ4n) is 3.27. The van der Waals surface area contributed by atoms with Crippen molar-refractivity contribution in [1.82, 2.24) is 30.4 Å². The summed E-state index contributed by atoms with van der Waals surface area (Å²) in [6.45, 7) is 7.34. The molecule has 0 saturated carbocycles. The van der Waals surface area contributed by atoms with Crippen LogP contribution in [0.15, 0.2) is 29.1 Å². The molecule has 1 saturated heterocycles. The predicted octanol–water partition coefficient (Wildman–Crippen LogP) is -0.187. The van der Waals surface area contributed by atoms with Crippen molar-refractivity contribution in [2.24, 2.45) is 0 Å². The van der Waals surface area contributed by atoms with Gasteiger partial charge in [-0.15, -0.1) is 0 Å². The maximum atomic E-state index is 12.7. The molecule has 1 aromatic carbocycles. The lowest BCUT2D eigenvalue weighted by Gasteiger charge is -2.35.